The van der Waals surface area contributed by atoms with Gasteiger partial charge in [-0.1, -0.05) is 22.0 Å². The van der Waals surface area contributed by atoms with Crippen LogP contribution in [0.4, 0.5) is 22.0 Å². The Morgan fingerprint density at radius 3 is 2.29 bits per heavy atom. The molecule has 1 nitrogen and oxygen atoms in total. The van der Waals surface area contributed by atoms with Crippen LogP contribution in [0.15, 0.2) is 40.9 Å². The van der Waals surface area contributed by atoms with E-state index in [1.54, 1.807) is 0 Å². The molecule has 0 aliphatic carbocycles. The fraction of sp³-hybridized carbons (Fsp3) is 0.143. The van der Waals surface area contributed by atoms with E-state index in [4.69, 9.17) is 5.73 Å². The lowest BCUT2D eigenvalue weighted by Crippen LogP contribution is -2.16. The molecule has 0 bridgehead atoms. The minimum atomic E-state index is -4.57. The molecule has 2 aromatic carbocycles. The van der Waals surface area contributed by atoms with Gasteiger partial charge in [-0.05, 0) is 35.9 Å². The molecule has 0 saturated heterocycles. The van der Waals surface area contributed by atoms with Crippen molar-refractivity contribution in [2.75, 3.05) is 0 Å². The number of hydrogen-bond donors (Lipinski definition) is 1. The predicted molar refractivity (Wildman–Crippen MR) is 71.5 cm³/mol. The number of hydrogen-bond acceptors (Lipinski definition) is 1. The second-order valence-electron chi connectivity index (χ2n) is 4.38. The predicted octanol–water partition coefficient (Wildman–Crippen LogP) is 4.79. The molecule has 0 spiro atoms. The summed E-state index contributed by atoms with van der Waals surface area (Å²) in [6, 6.07) is 4.79. The average molecular weight is 366 g/mol. The molecule has 0 fully saturated rings. The molecule has 0 aliphatic rings. The topological polar surface area (TPSA) is 26.0 Å². The zero-order chi connectivity index (χ0) is 15.8. The Hall–Kier alpha value is -1.47. The summed E-state index contributed by atoms with van der Waals surface area (Å²) in [7, 11) is 0. The third-order valence-corrected chi connectivity index (χ3v) is 3.64. The fourth-order valence-corrected chi connectivity index (χ4v) is 2.36. The van der Waals surface area contributed by atoms with Crippen molar-refractivity contribution in [1.29, 1.82) is 0 Å². The molecule has 0 saturated carbocycles. The van der Waals surface area contributed by atoms with E-state index in [1.165, 1.54) is 12.1 Å². The summed E-state index contributed by atoms with van der Waals surface area (Å²) in [5.74, 6) is -1.49. The molecule has 7 heteroatoms. The quantitative estimate of drug-likeness (QED) is 0.760. The summed E-state index contributed by atoms with van der Waals surface area (Å²) in [5, 5.41) is 0. The molecule has 0 aliphatic heterocycles. The van der Waals surface area contributed by atoms with E-state index in [0.29, 0.717) is 0 Å². The zero-order valence-electron chi connectivity index (χ0n) is 10.4. The van der Waals surface area contributed by atoms with Gasteiger partial charge in [-0.15, -0.1) is 0 Å². The molecule has 112 valence electrons. The number of halogens is 6. The molecule has 0 heterocycles. The summed E-state index contributed by atoms with van der Waals surface area (Å²) < 4.78 is 65.1. The highest BCUT2D eigenvalue weighted by molar-refractivity contribution is 9.10. The van der Waals surface area contributed by atoms with E-state index >= 15 is 0 Å². The Bertz CT molecular complexity index is 669. The minimum absolute atomic E-state index is 0.0371. The van der Waals surface area contributed by atoms with Gasteiger partial charge in [0.05, 0.1) is 11.6 Å². The first-order valence-corrected chi connectivity index (χ1v) is 6.56. The molecule has 1 unspecified atom stereocenters. The second kappa shape index (κ2) is 5.73. The zero-order valence-corrected chi connectivity index (χ0v) is 12.0. The summed E-state index contributed by atoms with van der Waals surface area (Å²) in [5.41, 5.74) is 4.67. The molecule has 0 amide bonds. The van der Waals surface area contributed by atoms with Gasteiger partial charge in [-0.3, -0.25) is 0 Å². The molecular weight excluding hydrogens is 357 g/mol. The van der Waals surface area contributed by atoms with Crippen molar-refractivity contribution in [1.82, 2.24) is 0 Å². The van der Waals surface area contributed by atoms with Gasteiger partial charge in [-0.2, -0.15) is 13.2 Å². The normalized spacial score (nSPS) is 13.3. The van der Waals surface area contributed by atoms with E-state index in [2.05, 4.69) is 15.9 Å². The maximum Gasteiger partial charge on any atom is 0.417 e. The van der Waals surface area contributed by atoms with Crippen LogP contribution < -0.4 is 5.73 Å². The number of alkyl halides is 3. The Morgan fingerprint density at radius 1 is 1.00 bits per heavy atom. The minimum Gasteiger partial charge on any atom is -0.320 e. The largest absolute Gasteiger partial charge is 0.417 e. The van der Waals surface area contributed by atoms with Gasteiger partial charge in [0.1, 0.15) is 11.6 Å². The van der Waals surface area contributed by atoms with Crippen LogP contribution in [-0.4, -0.2) is 0 Å². The van der Waals surface area contributed by atoms with Crippen LogP contribution in [0, 0.1) is 11.6 Å². The van der Waals surface area contributed by atoms with Crippen molar-refractivity contribution < 1.29 is 22.0 Å². The van der Waals surface area contributed by atoms with E-state index < -0.39 is 29.4 Å². The number of rotatable bonds is 2. The monoisotopic (exact) mass is 365 g/mol. The van der Waals surface area contributed by atoms with Gasteiger partial charge in [0.2, 0.25) is 0 Å². The highest BCUT2D eigenvalue weighted by Crippen LogP contribution is 2.37. The maximum atomic E-state index is 13.6. The van der Waals surface area contributed by atoms with E-state index in [-0.39, 0.29) is 15.6 Å². The van der Waals surface area contributed by atoms with Gasteiger partial charge in [0.25, 0.3) is 0 Å². The van der Waals surface area contributed by atoms with Crippen molar-refractivity contribution in [2.45, 2.75) is 12.2 Å². The first-order chi connectivity index (χ1) is 9.70. The van der Waals surface area contributed by atoms with Gasteiger partial charge >= 0.3 is 6.18 Å². The third-order valence-electron chi connectivity index (χ3n) is 2.95. The van der Waals surface area contributed by atoms with Crippen molar-refractivity contribution in [3.63, 3.8) is 0 Å². The van der Waals surface area contributed by atoms with Crippen LogP contribution in [0.1, 0.15) is 22.7 Å². The van der Waals surface area contributed by atoms with Crippen LogP contribution in [-0.2, 0) is 6.18 Å². The Balaban J connectivity index is 2.49. The SMILES string of the molecule is NC(c1ccc(Br)c(C(F)(F)F)c1)c1cc(F)ccc1F. The Labute approximate surface area is 125 Å². The highest BCUT2D eigenvalue weighted by Gasteiger charge is 2.33. The molecule has 0 aromatic heterocycles. The van der Waals surface area contributed by atoms with Crippen LogP contribution in [0.25, 0.3) is 0 Å². The molecule has 2 N–H and O–H groups in total. The molecule has 1 atom stereocenters. The van der Waals surface area contributed by atoms with E-state index in [0.717, 1.165) is 24.3 Å². The van der Waals surface area contributed by atoms with Crippen molar-refractivity contribution in [3.05, 3.63) is 69.2 Å². The lowest BCUT2D eigenvalue weighted by Gasteiger charge is -2.17. The first-order valence-electron chi connectivity index (χ1n) is 5.77. The van der Waals surface area contributed by atoms with Crippen LogP contribution >= 0.6 is 15.9 Å². The average Bonchev–Trinajstić information content (AvgIpc) is 2.40. The summed E-state index contributed by atoms with van der Waals surface area (Å²) in [6.07, 6.45) is -4.57. The Morgan fingerprint density at radius 2 is 1.67 bits per heavy atom. The summed E-state index contributed by atoms with van der Waals surface area (Å²) in [4.78, 5) is 0. The summed E-state index contributed by atoms with van der Waals surface area (Å²) in [6.45, 7) is 0. The van der Waals surface area contributed by atoms with Crippen molar-refractivity contribution >= 4 is 15.9 Å². The number of nitrogens with two attached hydrogens (primary N) is 1. The third kappa shape index (κ3) is 3.41. The van der Waals surface area contributed by atoms with Crippen molar-refractivity contribution in [3.8, 4) is 0 Å². The fourth-order valence-electron chi connectivity index (χ4n) is 1.89. The highest BCUT2D eigenvalue weighted by atomic mass is 79.9. The molecular formula is C14H9BrF5N. The standard InChI is InChI=1S/C14H9BrF5N/c15-11-3-1-7(5-10(11)14(18,19)20)13(21)9-6-8(16)2-4-12(9)17/h1-6,13H,21H2. The van der Waals surface area contributed by atoms with E-state index in [1.807, 2.05) is 0 Å². The molecule has 21 heavy (non-hydrogen) atoms. The molecule has 0 radical (unpaired) electrons. The lowest BCUT2D eigenvalue weighted by molar-refractivity contribution is -0.138. The van der Waals surface area contributed by atoms with Crippen LogP contribution in [0.5, 0.6) is 0 Å². The second-order valence-corrected chi connectivity index (χ2v) is 5.23. The maximum absolute atomic E-state index is 13.6. The van der Waals surface area contributed by atoms with Crippen LogP contribution in [0.2, 0.25) is 0 Å². The Kier molecular flexibility index (Phi) is 4.34. The first kappa shape index (κ1) is 15.9. The van der Waals surface area contributed by atoms with Crippen LogP contribution in [0.3, 0.4) is 0 Å². The number of benzene rings is 2. The van der Waals surface area contributed by atoms with E-state index in [9.17, 15) is 22.0 Å². The van der Waals surface area contributed by atoms with Crippen molar-refractivity contribution in [2.24, 2.45) is 5.73 Å². The van der Waals surface area contributed by atoms with Gasteiger partial charge < -0.3 is 5.73 Å². The smallest absolute Gasteiger partial charge is 0.320 e. The molecule has 2 aromatic rings. The molecule has 2 rings (SSSR count). The van der Waals surface area contributed by atoms with Gasteiger partial charge in [0.15, 0.2) is 0 Å². The van der Waals surface area contributed by atoms with Gasteiger partial charge in [-0.25, -0.2) is 8.78 Å². The van der Waals surface area contributed by atoms with Gasteiger partial charge in [0, 0.05) is 10.0 Å². The summed E-state index contributed by atoms with van der Waals surface area (Å²) >= 11 is 2.80. The lowest BCUT2D eigenvalue weighted by atomic mass is 9.97.